The van der Waals surface area contributed by atoms with Gasteiger partial charge in [0.1, 0.15) is 6.04 Å². The maximum Gasteiger partial charge on any atom is 0.326 e. The first-order valence-electron chi connectivity index (χ1n) is 6.99. The first-order valence-corrected chi connectivity index (χ1v) is 8.88. The van der Waals surface area contributed by atoms with Gasteiger partial charge in [-0.25, -0.2) is 13.2 Å². The van der Waals surface area contributed by atoms with E-state index in [1.807, 2.05) is 0 Å². The van der Waals surface area contributed by atoms with Crippen molar-refractivity contribution >= 4 is 21.7 Å². The predicted molar refractivity (Wildman–Crippen MR) is 82.3 cm³/mol. The van der Waals surface area contributed by atoms with Gasteiger partial charge in [0.25, 0.3) is 0 Å². The molecule has 0 fully saturated rings. The minimum Gasteiger partial charge on any atom is -0.480 e. The molecule has 2 N–H and O–H groups in total. The monoisotopic (exact) mass is 327 g/mol. The van der Waals surface area contributed by atoms with Gasteiger partial charge in [-0.15, -0.1) is 0 Å². The molecule has 0 aliphatic rings. The molecule has 6 nitrogen and oxygen atoms in total. The molecule has 0 spiro atoms. The van der Waals surface area contributed by atoms with Crippen LogP contribution in [0.1, 0.15) is 31.7 Å². The van der Waals surface area contributed by atoms with Gasteiger partial charge in [0, 0.05) is 13.2 Å². The van der Waals surface area contributed by atoms with E-state index in [4.69, 9.17) is 5.11 Å². The number of aryl methyl sites for hydroxylation is 1. The van der Waals surface area contributed by atoms with Gasteiger partial charge >= 0.3 is 5.97 Å². The van der Waals surface area contributed by atoms with Gasteiger partial charge in [-0.3, -0.25) is 4.79 Å². The first kappa shape index (κ1) is 18.2. The third kappa shape index (κ3) is 6.26. The van der Waals surface area contributed by atoms with Gasteiger partial charge in [0.05, 0.1) is 4.90 Å². The molecule has 0 saturated carbocycles. The minimum absolute atomic E-state index is 0.285. The van der Waals surface area contributed by atoms with E-state index >= 15 is 0 Å². The highest BCUT2D eigenvalue weighted by Gasteiger charge is 2.17. The Kier molecular flexibility index (Phi) is 6.55. The molecule has 7 heteroatoms. The van der Waals surface area contributed by atoms with Crippen molar-refractivity contribution in [3.8, 4) is 0 Å². The third-order valence-electron chi connectivity index (χ3n) is 3.24. The maximum absolute atomic E-state index is 11.3. The molecule has 0 saturated heterocycles. The summed E-state index contributed by atoms with van der Waals surface area (Å²) in [7, 11) is -3.18. The SMILES string of the molecule is CC(=O)NC(CCCCc1ccc(S(C)(=O)=O)cc1)C(=O)O. The molecule has 1 aromatic carbocycles. The molecule has 1 amide bonds. The molecule has 0 bridgehead atoms. The molecule has 1 atom stereocenters. The molecule has 1 aromatic rings. The summed E-state index contributed by atoms with van der Waals surface area (Å²) in [6, 6.07) is 5.81. The van der Waals surface area contributed by atoms with E-state index in [0.29, 0.717) is 12.8 Å². The van der Waals surface area contributed by atoms with Crippen molar-refractivity contribution in [3.05, 3.63) is 29.8 Å². The summed E-state index contributed by atoms with van der Waals surface area (Å²) in [6.07, 6.45) is 3.69. The number of carbonyl (C=O) groups is 2. The summed E-state index contributed by atoms with van der Waals surface area (Å²) >= 11 is 0. The zero-order chi connectivity index (χ0) is 16.8. The van der Waals surface area contributed by atoms with Crippen LogP contribution in [-0.4, -0.2) is 37.7 Å². The molecule has 0 aliphatic carbocycles. The number of carboxylic acid groups (broad SMARTS) is 1. The van der Waals surface area contributed by atoms with E-state index in [9.17, 15) is 18.0 Å². The van der Waals surface area contributed by atoms with Gasteiger partial charge in [-0.2, -0.15) is 0 Å². The zero-order valence-electron chi connectivity index (χ0n) is 12.7. The molecule has 0 radical (unpaired) electrons. The molecule has 122 valence electrons. The Morgan fingerprint density at radius 3 is 2.23 bits per heavy atom. The summed E-state index contributed by atoms with van der Waals surface area (Å²) in [5.74, 6) is -1.39. The number of unbranched alkanes of at least 4 members (excludes halogenated alkanes) is 1. The Balaban J connectivity index is 2.44. The Hall–Kier alpha value is -1.89. The number of carbonyl (C=O) groups excluding carboxylic acids is 1. The van der Waals surface area contributed by atoms with Crippen molar-refractivity contribution in [1.82, 2.24) is 5.32 Å². The normalized spacial score (nSPS) is 12.6. The molecule has 1 unspecified atom stereocenters. The van der Waals surface area contributed by atoms with E-state index in [2.05, 4.69) is 5.32 Å². The van der Waals surface area contributed by atoms with E-state index in [0.717, 1.165) is 24.7 Å². The summed E-state index contributed by atoms with van der Waals surface area (Å²) in [6.45, 7) is 1.29. The van der Waals surface area contributed by atoms with Crippen LogP contribution >= 0.6 is 0 Å². The first-order chi connectivity index (χ1) is 10.2. The number of rotatable bonds is 8. The highest BCUT2D eigenvalue weighted by atomic mass is 32.2. The van der Waals surface area contributed by atoms with Gasteiger partial charge in [0.15, 0.2) is 9.84 Å². The number of amides is 1. The van der Waals surface area contributed by atoms with Gasteiger partial charge in [-0.05, 0) is 37.0 Å². The van der Waals surface area contributed by atoms with Crippen LogP contribution in [0.2, 0.25) is 0 Å². The Bertz CT molecular complexity index is 622. The number of aliphatic carboxylic acids is 1. The average molecular weight is 327 g/mol. The van der Waals surface area contributed by atoms with Crippen LogP contribution in [0.15, 0.2) is 29.2 Å². The topological polar surface area (TPSA) is 101 Å². The Morgan fingerprint density at radius 2 is 1.77 bits per heavy atom. The molecule has 0 aliphatic heterocycles. The zero-order valence-corrected chi connectivity index (χ0v) is 13.5. The van der Waals surface area contributed by atoms with Crippen LogP contribution in [-0.2, 0) is 25.8 Å². The van der Waals surface area contributed by atoms with Crippen molar-refractivity contribution in [2.45, 2.75) is 43.5 Å². The number of hydrogen-bond acceptors (Lipinski definition) is 4. The second-order valence-corrected chi connectivity index (χ2v) is 7.27. The third-order valence-corrected chi connectivity index (χ3v) is 4.36. The van der Waals surface area contributed by atoms with Gasteiger partial charge < -0.3 is 10.4 Å². The van der Waals surface area contributed by atoms with Crippen LogP contribution in [0.3, 0.4) is 0 Å². The quantitative estimate of drug-likeness (QED) is 0.703. The van der Waals surface area contributed by atoms with E-state index in [1.165, 1.54) is 6.92 Å². The average Bonchev–Trinajstić information content (AvgIpc) is 2.41. The lowest BCUT2D eigenvalue weighted by molar-refractivity contribution is -0.141. The van der Waals surface area contributed by atoms with Crippen molar-refractivity contribution in [1.29, 1.82) is 0 Å². The van der Waals surface area contributed by atoms with Crippen LogP contribution in [0, 0.1) is 0 Å². The van der Waals surface area contributed by atoms with Crippen LogP contribution in [0.25, 0.3) is 0 Å². The fourth-order valence-electron chi connectivity index (χ4n) is 2.08. The van der Waals surface area contributed by atoms with Crippen molar-refractivity contribution < 1.29 is 23.1 Å². The molecular weight excluding hydrogens is 306 g/mol. The van der Waals surface area contributed by atoms with Crippen LogP contribution < -0.4 is 5.32 Å². The lowest BCUT2D eigenvalue weighted by Gasteiger charge is -2.12. The second kappa shape index (κ2) is 7.93. The fraction of sp³-hybridized carbons (Fsp3) is 0.467. The summed E-state index contributed by atoms with van der Waals surface area (Å²) in [5.41, 5.74) is 0.999. The Labute approximate surface area is 130 Å². The smallest absolute Gasteiger partial charge is 0.326 e. The van der Waals surface area contributed by atoms with Gasteiger partial charge in [0.2, 0.25) is 5.91 Å². The summed E-state index contributed by atoms with van der Waals surface area (Å²) in [5, 5.41) is 11.4. The number of nitrogens with one attached hydrogen (secondary N) is 1. The largest absolute Gasteiger partial charge is 0.480 e. The van der Waals surface area contributed by atoms with Crippen LogP contribution in [0.5, 0.6) is 0 Å². The molecule has 1 rings (SSSR count). The van der Waals surface area contributed by atoms with Gasteiger partial charge in [-0.1, -0.05) is 18.6 Å². The highest BCUT2D eigenvalue weighted by molar-refractivity contribution is 7.90. The fourth-order valence-corrected chi connectivity index (χ4v) is 2.71. The number of sulfone groups is 1. The van der Waals surface area contributed by atoms with Crippen molar-refractivity contribution in [2.75, 3.05) is 6.26 Å². The number of benzene rings is 1. The second-order valence-electron chi connectivity index (χ2n) is 5.25. The molecule has 0 aromatic heterocycles. The standard InChI is InChI=1S/C15H21NO5S/c1-11(17)16-14(15(18)19)6-4-3-5-12-7-9-13(10-8-12)22(2,20)21/h7-10,14H,3-6H2,1-2H3,(H,16,17)(H,18,19). The molecule has 0 heterocycles. The van der Waals surface area contributed by atoms with E-state index in [-0.39, 0.29) is 10.8 Å². The van der Waals surface area contributed by atoms with Crippen LogP contribution in [0.4, 0.5) is 0 Å². The summed E-state index contributed by atoms with van der Waals surface area (Å²) in [4.78, 5) is 22.1. The lowest BCUT2D eigenvalue weighted by atomic mass is 10.0. The molecule has 22 heavy (non-hydrogen) atoms. The lowest BCUT2D eigenvalue weighted by Crippen LogP contribution is -2.39. The summed E-state index contributed by atoms with van der Waals surface area (Å²) < 4.78 is 22.7. The minimum atomic E-state index is -3.18. The predicted octanol–water partition coefficient (Wildman–Crippen LogP) is 1.39. The Morgan fingerprint density at radius 1 is 1.18 bits per heavy atom. The van der Waals surface area contributed by atoms with E-state index in [1.54, 1.807) is 24.3 Å². The van der Waals surface area contributed by atoms with E-state index < -0.39 is 21.8 Å². The number of carboxylic acids is 1. The number of hydrogen-bond donors (Lipinski definition) is 2. The molecular formula is C15H21NO5S. The maximum atomic E-state index is 11.3. The highest BCUT2D eigenvalue weighted by Crippen LogP contribution is 2.13. The van der Waals surface area contributed by atoms with Crippen molar-refractivity contribution in [2.24, 2.45) is 0 Å². The van der Waals surface area contributed by atoms with Crippen molar-refractivity contribution in [3.63, 3.8) is 0 Å².